The van der Waals surface area contributed by atoms with Gasteiger partial charge in [-0.05, 0) is 42.9 Å². The molecule has 3 rings (SSSR count). The number of likely N-dealkylation sites (tertiary alicyclic amines) is 1. The number of nitrogens with one attached hydrogen (secondary N) is 1. The summed E-state index contributed by atoms with van der Waals surface area (Å²) in [5, 5.41) is 2.97. The standard InChI is InChI=1S/C20H25F3N2O3/c21-20(22,23)17-3-1-2-15(10-17)12-25-13-16(4-5-18(25)26)19(27)24-11-14-6-8-28-9-7-14/h1-3,10,14,16H,4-9,11-13H2,(H,24,27)/t16-/m1/s1. The molecule has 0 unspecified atom stereocenters. The summed E-state index contributed by atoms with van der Waals surface area (Å²) >= 11 is 0. The summed E-state index contributed by atoms with van der Waals surface area (Å²) in [5.41, 5.74) is -0.327. The minimum absolute atomic E-state index is 0.0759. The maximum Gasteiger partial charge on any atom is 0.416 e. The predicted octanol–water partition coefficient (Wildman–Crippen LogP) is 2.99. The normalized spacial score (nSPS) is 21.6. The van der Waals surface area contributed by atoms with Crippen LogP contribution in [0.5, 0.6) is 0 Å². The van der Waals surface area contributed by atoms with Crippen LogP contribution in [0.4, 0.5) is 13.2 Å². The molecule has 1 aromatic rings. The SMILES string of the molecule is O=C(NCC1CCOCC1)[C@@H]1CCC(=O)N(Cc2cccc(C(F)(F)F)c2)C1. The minimum Gasteiger partial charge on any atom is -0.381 e. The van der Waals surface area contributed by atoms with E-state index >= 15 is 0 Å². The molecule has 28 heavy (non-hydrogen) atoms. The second-order valence-corrected chi connectivity index (χ2v) is 7.51. The van der Waals surface area contributed by atoms with Crippen molar-refractivity contribution in [3.05, 3.63) is 35.4 Å². The van der Waals surface area contributed by atoms with Crippen LogP contribution in [0.25, 0.3) is 0 Å². The van der Waals surface area contributed by atoms with Crippen molar-refractivity contribution in [1.29, 1.82) is 0 Å². The Kier molecular flexibility index (Phi) is 6.59. The first-order valence-corrected chi connectivity index (χ1v) is 9.62. The summed E-state index contributed by atoms with van der Waals surface area (Å²) < 4.78 is 44.0. The third-order valence-corrected chi connectivity index (χ3v) is 5.40. The fourth-order valence-corrected chi connectivity index (χ4v) is 3.69. The van der Waals surface area contributed by atoms with Gasteiger partial charge in [-0.25, -0.2) is 0 Å². The molecule has 0 aliphatic carbocycles. The van der Waals surface area contributed by atoms with Crippen LogP contribution in [0.3, 0.4) is 0 Å². The van der Waals surface area contributed by atoms with Gasteiger partial charge in [0.2, 0.25) is 11.8 Å². The largest absolute Gasteiger partial charge is 0.416 e. The van der Waals surface area contributed by atoms with Crippen molar-refractivity contribution in [1.82, 2.24) is 10.2 Å². The highest BCUT2D eigenvalue weighted by molar-refractivity contribution is 5.83. The molecule has 2 fully saturated rings. The van der Waals surface area contributed by atoms with Crippen LogP contribution in [0.15, 0.2) is 24.3 Å². The molecule has 8 heteroatoms. The summed E-state index contributed by atoms with van der Waals surface area (Å²) in [6.45, 7) is 2.33. The first-order chi connectivity index (χ1) is 13.3. The van der Waals surface area contributed by atoms with Gasteiger partial charge in [0.15, 0.2) is 0 Å². The number of carbonyl (C=O) groups excluding carboxylic acids is 2. The van der Waals surface area contributed by atoms with Crippen LogP contribution in [-0.4, -0.2) is 43.0 Å². The molecule has 0 bridgehead atoms. The Morgan fingerprint density at radius 2 is 1.96 bits per heavy atom. The van der Waals surface area contributed by atoms with E-state index in [0.717, 1.165) is 25.0 Å². The van der Waals surface area contributed by atoms with Crippen LogP contribution in [0.2, 0.25) is 0 Å². The molecular weight excluding hydrogens is 373 g/mol. The average molecular weight is 398 g/mol. The van der Waals surface area contributed by atoms with E-state index in [9.17, 15) is 22.8 Å². The number of hydrogen-bond donors (Lipinski definition) is 1. The molecule has 2 amide bonds. The summed E-state index contributed by atoms with van der Waals surface area (Å²) in [7, 11) is 0. The Morgan fingerprint density at radius 1 is 1.21 bits per heavy atom. The van der Waals surface area contributed by atoms with E-state index in [1.165, 1.54) is 11.0 Å². The van der Waals surface area contributed by atoms with Crippen molar-refractivity contribution >= 4 is 11.8 Å². The van der Waals surface area contributed by atoms with Gasteiger partial charge in [0, 0.05) is 39.3 Å². The van der Waals surface area contributed by atoms with Crippen LogP contribution in [0.1, 0.15) is 36.8 Å². The molecule has 0 spiro atoms. The third kappa shape index (κ3) is 5.47. The molecule has 2 aliphatic rings. The number of carbonyl (C=O) groups is 2. The first-order valence-electron chi connectivity index (χ1n) is 9.62. The number of nitrogens with zero attached hydrogens (tertiary/aromatic N) is 1. The van der Waals surface area contributed by atoms with Gasteiger partial charge in [0.25, 0.3) is 0 Å². The Morgan fingerprint density at radius 3 is 2.68 bits per heavy atom. The molecule has 1 atom stereocenters. The topological polar surface area (TPSA) is 58.6 Å². The smallest absolute Gasteiger partial charge is 0.381 e. The molecule has 2 aliphatic heterocycles. The van der Waals surface area contributed by atoms with E-state index in [1.54, 1.807) is 6.07 Å². The van der Waals surface area contributed by atoms with Crippen molar-refractivity contribution in [3.63, 3.8) is 0 Å². The molecule has 1 N–H and O–H groups in total. The summed E-state index contributed by atoms with van der Waals surface area (Å²) in [4.78, 5) is 26.2. The van der Waals surface area contributed by atoms with Crippen LogP contribution >= 0.6 is 0 Å². The van der Waals surface area contributed by atoms with Crippen molar-refractivity contribution in [3.8, 4) is 0 Å². The third-order valence-electron chi connectivity index (χ3n) is 5.40. The molecule has 2 saturated heterocycles. The van der Waals surface area contributed by atoms with E-state index in [4.69, 9.17) is 4.74 Å². The lowest BCUT2D eigenvalue weighted by Crippen LogP contribution is -2.46. The van der Waals surface area contributed by atoms with E-state index in [0.29, 0.717) is 37.7 Å². The van der Waals surface area contributed by atoms with Gasteiger partial charge < -0.3 is 15.0 Å². The van der Waals surface area contributed by atoms with Gasteiger partial charge in [-0.1, -0.05) is 12.1 Å². The maximum atomic E-state index is 12.9. The summed E-state index contributed by atoms with van der Waals surface area (Å²) in [6.07, 6.45) is -1.88. The van der Waals surface area contributed by atoms with Gasteiger partial charge in [-0.15, -0.1) is 0 Å². The van der Waals surface area contributed by atoms with Gasteiger partial charge in [-0.3, -0.25) is 9.59 Å². The molecule has 2 heterocycles. The highest BCUT2D eigenvalue weighted by atomic mass is 19.4. The van der Waals surface area contributed by atoms with Crippen LogP contribution in [-0.2, 0) is 27.0 Å². The summed E-state index contributed by atoms with van der Waals surface area (Å²) in [5.74, 6) is -0.147. The highest BCUT2D eigenvalue weighted by Gasteiger charge is 2.32. The Bertz CT molecular complexity index is 702. The van der Waals surface area contributed by atoms with Crippen molar-refractivity contribution < 1.29 is 27.5 Å². The van der Waals surface area contributed by atoms with Crippen molar-refractivity contribution in [2.24, 2.45) is 11.8 Å². The molecule has 0 aromatic heterocycles. The number of amides is 2. The molecule has 1 aromatic carbocycles. The van der Waals surface area contributed by atoms with Gasteiger partial charge in [0.05, 0.1) is 11.5 Å². The van der Waals surface area contributed by atoms with E-state index in [1.807, 2.05) is 0 Å². The Balaban J connectivity index is 1.56. The number of hydrogen-bond acceptors (Lipinski definition) is 3. The molecule has 0 radical (unpaired) electrons. The van der Waals surface area contributed by atoms with Gasteiger partial charge >= 0.3 is 6.18 Å². The lowest BCUT2D eigenvalue weighted by molar-refractivity contribution is -0.139. The lowest BCUT2D eigenvalue weighted by atomic mass is 9.95. The van der Waals surface area contributed by atoms with E-state index < -0.39 is 11.7 Å². The Labute approximate surface area is 162 Å². The maximum absolute atomic E-state index is 12.9. The highest BCUT2D eigenvalue weighted by Crippen LogP contribution is 2.30. The van der Waals surface area contributed by atoms with Gasteiger partial charge in [0.1, 0.15) is 0 Å². The fourth-order valence-electron chi connectivity index (χ4n) is 3.69. The minimum atomic E-state index is -4.42. The Hall–Kier alpha value is -2.09. The monoisotopic (exact) mass is 398 g/mol. The number of ether oxygens (including phenoxy) is 1. The lowest BCUT2D eigenvalue weighted by Gasteiger charge is -2.32. The molecule has 5 nitrogen and oxygen atoms in total. The zero-order chi connectivity index (χ0) is 20.1. The number of piperidine rings is 1. The first kappa shape index (κ1) is 20.6. The number of rotatable bonds is 5. The van der Waals surface area contributed by atoms with E-state index in [-0.39, 0.29) is 37.2 Å². The number of alkyl halides is 3. The zero-order valence-corrected chi connectivity index (χ0v) is 15.6. The van der Waals surface area contributed by atoms with Crippen LogP contribution in [0, 0.1) is 11.8 Å². The fraction of sp³-hybridized carbons (Fsp3) is 0.600. The zero-order valence-electron chi connectivity index (χ0n) is 15.6. The molecule has 0 saturated carbocycles. The van der Waals surface area contributed by atoms with E-state index in [2.05, 4.69) is 5.32 Å². The summed E-state index contributed by atoms with van der Waals surface area (Å²) in [6, 6.07) is 4.97. The average Bonchev–Trinajstić information content (AvgIpc) is 2.68. The second kappa shape index (κ2) is 8.94. The molecular formula is C20H25F3N2O3. The van der Waals surface area contributed by atoms with Crippen LogP contribution < -0.4 is 5.32 Å². The second-order valence-electron chi connectivity index (χ2n) is 7.51. The number of benzene rings is 1. The molecule has 154 valence electrons. The quantitative estimate of drug-likeness (QED) is 0.830. The predicted molar refractivity (Wildman–Crippen MR) is 96.1 cm³/mol. The van der Waals surface area contributed by atoms with Crippen molar-refractivity contribution in [2.75, 3.05) is 26.3 Å². The van der Waals surface area contributed by atoms with Crippen molar-refractivity contribution in [2.45, 2.75) is 38.4 Å². The van der Waals surface area contributed by atoms with Gasteiger partial charge in [-0.2, -0.15) is 13.2 Å². The number of halogens is 3.